The third-order valence-electron chi connectivity index (χ3n) is 3.88. The van der Waals surface area contributed by atoms with Crippen LogP contribution in [0.3, 0.4) is 0 Å². The van der Waals surface area contributed by atoms with Gasteiger partial charge in [0.1, 0.15) is 6.61 Å². The summed E-state index contributed by atoms with van der Waals surface area (Å²) in [7, 11) is 1.61. The number of rotatable bonds is 17. The first-order valence-corrected chi connectivity index (χ1v) is 9.75. The summed E-state index contributed by atoms with van der Waals surface area (Å²) in [6.07, 6.45) is 22.8. The normalized spacial score (nSPS) is 11.6. The lowest BCUT2D eigenvalue weighted by Gasteiger charge is -2.03. The van der Waals surface area contributed by atoms with Crippen LogP contribution >= 0.6 is 0 Å². The Kier molecular flexibility index (Phi) is 19.0. The molecule has 3 heteroatoms. The van der Waals surface area contributed by atoms with Gasteiger partial charge in [-0.2, -0.15) is 0 Å². The van der Waals surface area contributed by atoms with E-state index in [1.165, 1.54) is 51.4 Å². The van der Waals surface area contributed by atoms with Crippen LogP contribution < -0.4 is 0 Å². The van der Waals surface area contributed by atoms with Crippen LogP contribution in [0.1, 0.15) is 84.0 Å². The molecular formula is C21H38O3. The van der Waals surface area contributed by atoms with Gasteiger partial charge in [-0.3, -0.25) is 4.79 Å². The van der Waals surface area contributed by atoms with Gasteiger partial charge in [0.15, 0.2) is 0 Å². The van der Waals surface area contributed by atoms with Gasteiger partial charge >= 0.3 is 5.97 Å². The molecule has 24 heavy (non-hydrogen) atoms. The van der Waals surface area contributed by atoms with Crippen LogP contribution in [0.5, 0.6) is 0 Å². The lowest BCUT2D eigenvalue weighted by Crippen LogP contribution is -2.09. The molecule has 0 aliphatic heterocycles. The number of hydrogen-bond donors (Lipinski definition) is 0. The number of unbranched alkanes of at least 4 members (excludes halogenated alkanes) is 8. The Bertz CT molecular complexity index is 321. The van der Waals surface area contributed by atoms with Crippen LogP contribution in [-0.2, 0) is 14.3 Å². The minimum absolute atomic E-state index is 0.0993. The average molecular weight is 339 g/mol. The fraction of sp³-hybridized carbons (Fsp3) is 0.762. The van der Waals surface area contributed by atoms with E-state index in [0.717, 1.165) is 19.3 Å². The molecule has 0 fully saturated rings. The summed E-state index contributed by atoms with van der Waals surface area (Å²) < 4.78 is 9.86. The molecule has 0 saturated heterocycles. The Balaban J connectivity index is 3.24. The Labute approximate surface area is 149 Å². The van der Waals surface area contributed by atoms with E-state index in [2.05, 4.69) is 31.2 Å². The van der Waals surface area contributed by atoms with Gasteiger partial charge in [-0.25, -0.2) is 0 Å². The molecule has 0 aromatic rings. The van der Waals surface area contributed by atoms with Crippen molar-refractivity contribution in [3.05, 3.63) is 24.3 Å². The number of esters is 1. The smallest absolute Gasteiger partial charge is 0.305 e. The largest absolute Gasteiger partial charge is 0.463 e. The molecule has 0 spiro atoms. The summed E-state index contributed by atoms with van der Waals surface area (Å²) in [5, 5.41) is 0. The zero-order valence-electron chi connectivity index (χ0n) is 15.9. The topological polar surface area (TPSA) is 35.5 Å². The molecule has 140 valence electrons. The van der Waals surface area contributed by atoms with Crippen LogP contribution in [0, 0.1) is 0 Å². The number of ether oxygens (including phenoxy) is 2. The predicted molar refractivity (Wildman–Crippen MR) is 102 cm³/mol. The van der Waals surface area contributed by atoms with Crippen molar-refractivity contribution in [2.24, 2.45) is 0 Å². The molecule has 0 heterocycles. The average Bonchev–Trinajstić information content (AvgIpc) is 2.58. The van der Waals surface area contributed by atoms with E-state index in [9.17, 15) is 4.79 Å². The van der Waals surface area contributed by atoms with Crippen molar-refractivity contribution in [2.75, 3.05) is 20.3 Å². The Morgan fingerprint density at radius 2 is 1.42 bits per heavy atom. The van der Waals surface area contributed by atoms with Crippen molar-refractivity contribution in [3.63, 3.8) is 0 Å². The minimum atomic E-state index is -0.0993. The van der Waals surface area contributed by atoms with Gasteiger partial charge in [-0.1, -0.05) is 63.3 Å². The molecule has 0 radical (unpaired) electrons. The first kappa shape index (κ1) is 22.9. The summed E-state index contributed by atoms with van der Waals surface area (Å²) in [6.45, 7) is 3.09. The predicted octanol–water partition coefficient (Wildman–Crippen LogP) is 5.99. The number of carbonyl (C=O) groups is 1. The lowest BCUT2D eigenvalue weighted by atomic mass is 10.1. The number of carbonyl (C=O) groups excluding carboxylic acids is 1. The maximum atomic E-state index is 11.4. The molecule has 0 atom stereocenters. The molecule has 0 aliphatic rings. The highest BCUT2D eigenvalue weighted by Gasteiger charge is 2.01. The van der Waals surface area contributed by atoms with Crippen LogP contribution in [0.25, 0.3) is 0 Å². The van der Waals surface area contributed by atoms with E-state index in [0.29, 0.717) is 19.6 Å². The molecule has 0 saturated carbocycles. The van der Waals surface area contributed by atoms with Crippen LogP contribution in [0.4, 0.5) is 0 Å². The zero-order valence-corrected chi connectivity index (χ0v) is 15.9. The van der Waals surface area contributed by atoms with Crippen LogP contribution in [0.2, 0.25) is 0 Å². The van der Waals surface area contributed by atoms with Crippen molar-refractivity contribution >= 4 is 5.97 Å². The fourth-order valence-corrected chi connectivity index (χ4v) is 2.39. The van der Waals surface area contributed by atoms with Crippen molar-refractivity contribution in [1.29, 1.82) is 0 Å². The standard InChI is InChI=1S/C21H38O3/c1-3-4-5-6-7-8-9-10-11-12-13-14-15-16-17-18-21(22)24-20-19-23-2/h7-8,10-11H,3-6,9,12-20H2,1-2H3/b8-7-,11-10-. The van der Waals surface area contributed by atoms with Crippen LogP contribution in [-0.4, -0.2) is 26.3 Å². The molecule has 3 nitrogen and oxygen atoms in total. The monoisotopic (exact) mass is 338 g/mol. The second-order valence-corrected chi connectivity index (χ2v) is 6.19. The molecule has 0 rings (SSSR count). The third-order valence-corrected chi connectivity index (χ3v) is 3.88. The van der Waals surface area contributed by atoms with Gasteiger partial charge in [0.25, 0.3) is 0 Å². The van der Waals surface area contributed by atoms with Crippen molar-refractivity contribution in [3.8, 4) is 0 Å². The Hall–Kier alpha value is -1.09. The van der Waals surface area contributed by atoms with Gasteiger partial charge in [-0.15, -0.1) is 0 Å². The lowest BCUT2D eigenvalue weighted by molar-refractivity contribution is -0.145. The summed E-state index contributed by atoms with van der Waals surface area (Å²) in [5.74, 6) is -0.0993. The van der Waals surface area contributed by atoms with E-state index in [4.69, 9.17) is 9.47 Å². The molecule has 0 N–H and O–H groups in total. The molecule has 0 aromatic heterocycles. The summed E-state index contributed by atoms with van der Waals surface area (Å²) in [6, 6.07) is 0. The van der Waals surface area contributed by atoms with Crippen LogP contribution in [0.15, 0.2) is 24.3 Å². The van der Waals surface area contributed by atoms with E-state index in [1.54, 1.807) is 7.11 Å². The maximum absolute atomic E-state index is 11.4. The van der Waals surface area contributed by atoms with Crippen molar-refractivity contribution in [1.82, 2.24) is 0 Å². The quantitative estimate of drug-likeness (QED) is 0.186. The van der Waals surface area contributed by atoms with Gasteiger partial charge in [-0.05, 0) is 38.5 Å². The Morgan fingerprint density at radius 1 is 0.792 bits per heavy atom. The molecule has 0 bridgehead atoms. The Morgan fingerprint density at radius 3 is 2.08 bits per heavy atom. The van der Waals surface area contributed by atoms with Gasteiger partial charge in [0.2, 0.25) is 0 Å². The van der Waals surface area contributed by atoms with Gasteiger partial charge < -0.3 is 9.47 Å². The highest BCUT2D eigenvalue weighted by Crippen LogP contribution is 2.08. The summed E-state index contributed by atoms with van der Waals surface area (Å²) in [5.41, 5.74) is 0. The summed E-state index contributed by atoms with van der Waals surface area (Å²) >= 11 is 0. The highest BCUT2D eigenvalue weighted by molar-refractivity contribution is 5.69. The second-order valence-electron chi connectivity index (χ2n) is 6.19. The maximum Gasteiger partial charge on any atom is 0.305 e. The summed E-state index contributed by atoms with van der Waals surface area (Å²) in [4.78, 5) is 11.4. The van der Waals surface area contributed by atoms with E-state index < -0.39 is 0 Å². The zero-order chi connectivity index (χ0) is 17.7. The van der Waals surface area contributed by atoms with Gasteiger partial charge in [0.05, 0.1) is 6.61 Å². The number of hydrogen-bond acceptors (Lipinski definition) is 3. The number of methoxy groups -OCH3 is 1. The molecule has 0 amide bonds. The van der Waals surface area contributed by atoms with Crippen molar-refractivity contribution in [2.45, 2.75) is 84.0 Å². The van der Waals surface area contributed by atoms with E-state index in [1.807, 2.05) is 0 Å². The number of allylic oxidation sites excluding steroid dienone is 4. The van der Waals surface area contributed by atoms with Gasteiger partial charge in [0, 0.05) is 13.5 Å². The minimum Gasteiger partial charge on any atom is -0.463 e. The fourth-order valence-electron chi connectivity index (χ4n) is 2.39. The van der Waals surface area contributed by atoms with E-state index >= 15 is 0 Å². The molecule has 0 aliphatic carbocycles. The first-order chi connectivity index (χ1) is 11.8. The molecule has 0 aromatic carbocycles. The SMILES string of the molecule is CCCCC/C=C\C/C=C\CCCCCCCC(=O)OCCOC. The van der Waals surface area contributed by atoms with E-state index in [-0.39, 0.29) is 5.97 Å². The molecule has 0 unspecified atom stereocenters. The molecular weight excluding hydrogens is 300 g/mol. The van der Waals surface area contributed by atoms with Crippen molar-refractivity contribution < 1.29 is 14.3 Å². The second kappa shape index (κ2) is 20.0. The third kappa shape index (κ3) is 19.0. The highest BCUT2D eigenvalue weighted by atomic mass is 16.6. The first-order valence-electron chi connectivity index (χ1n) is 9.75.